The van der Waals surface area contributed by atoms with Crippen molar-refractivity contribution in [1.29, 1.82) is 0 Å². The molecule has 1 aromatic heterocycles. The van der Waals surface area contributed by atoms with E-state index in [9.17, 15) is 14.4 Å². The summed E-state index contributed by atoms with van der Waals surface area (Å²) < 4.78 is 0. The monoisotopic (exact) mass is 251 g/mol. The lowest BCUT2D eigenvalue weighted by Gasteiger charge is -2.20. The third-order valence-electron chi connectivity index (χ3n) is 2.41. The van der Waals surface area contributed by atoms with E-state index in [0.29, 0.717) is 18.7 Å². The van der Waals surface area contributed by atoms with E-state index in [1.807, 2.05) is 6.92 Å². The Morgan fingerprint density at radius 3 is 2.56 bits per heavy atom. The van der Waals surface area contributed by atoms with Crippen LogP contribution in [-0.2, 0) is 4.79 Å². The van der Waals surface area contributed by atoms with Crippen LogP contribution >= 0.6 is 0 Å². The number of carbonyl (C=O) groups is 2. The Kier molecular flexibility index (Phi) is 5.10. The molecule has 1 aromatic rings. The van der Waals surface area contributed by atoms with Crippen molar-refractivity contribution in [2.24, 2.45) is 0 Å². The van der Waals surface area contributed by atoms with Gasteiger partial charge in [0.25, 0.3) is 5.91 Å². The summed E-state index contributed by atoms with van der Waals surface area (Å²) in [7, 11) is 0. The lowest BCUT2D eigenvalue weighted by Crippen LogP contribution is -2.40. The Morgan fingerprint density at radius 1 is 1.33 bits per heavy atom. The molecule has 1 rings (SSSR count). The molecule has 0 saturated carbocycles. The summed E-state index contributed by atoms with van der Waals surface area (Å²) in [6.45, 7) is 4.58. The van der Waals surface area contributed by atoms with Gasteiger partial charge in [-0.1, -0.05) is 0 Å². The molecule has 0 bridgehead atoms. The number of hydrogen-bond donors (Lipinski definition) is 2. The largest absolute Gasteiger partial charge is 0.355 e. The highest BCUT2D eigenvalue weighted by atomic mass is 16.2. The van der Waals surface area contributed by atoms with Crippen LogP contribution in [0.4, 0.5) is 0 Å². The van der Waals surface area contributed by atoms with Gasteiger partial charge in [0.15, 0.2) is 0 Å². The van der Waals surface area contributed by atoms with Crippen LogP contribution < -0.4 is 10.9 Å². The maximum absolute atomic E-state index is 12.1. The van der Waals surface area contributed by atoms with Gasteiger partial charge < -0.3 is 15.2 Å². The fraction of sp³-hybridized carbons (Fsp3) is 0.417. The Hall–Kier alpha value is -2.11. The zero-order chi connectivity index (χ0) is 13.5. The number of aromatic nitrogens is 1. The molecule has 0 aliphatic carbocycles. The molecule has 2 N–H and O–H groups in total. The fourth-order valence-electron chi connectivity index (χ4n) is 1.48. The van der Waals surface area contributed by atoms with Crippen LogP contribution in [0.1, 0.15) is 24.2 Å². The topological polar surface area (TPSA) is 82.3 Å². The molecule has 0 aliphatic heterocycles. The lowest BCUT2D eigenvalue weighted by molar-refractivity contribution is -0.121. The molecule has 0 atom stereocenters. The third-order valence-corrected chi connectivity index (χ3v) is 2.41. The number of H-pyrrole nitrogens is 1. The van der Waals surface area contributed by atoms with Crippen molar-refractivity contribution < 1.29 is 9.59 Å². The molecule has 0 radical (unpaired) electrons. The van der Waals surface area contributed by atoms with Crippen molar-refractivity contribution in [2.45, 2.75) is 13.8 Å². The van der Waals surface area contributed by atoms with Crippen LogP contribution in [0.25, 0.3) is 0 Å². The predicted octanol–water partition coefficient (Wildman–Crippen LogP) is -0.0269. The molecular weight excluding hydrogens is 234 g/mol. The second-order valence-electron chi connectivity index (χ2n) is 3.71. The van der Waals surface area contributed by atoms with Crippen LogP contribution in [0.2, 0.25) is 0 Å². The van der Waals surface area contributed by atoms with E-state index in [0.717, 1.165) is 0 Å². The molecule has 2 amide bonds. The van der Waals surface area contributed by atoms with Crippen LogP contribution in [0, 0.1) is 0 Å². The number of pyridine rings is 1. The molecule has 6 heteroatoms. The highest BCUT2D eigenvalue weighted by molar-refractivity contribution is 5.96. The number of aromatic amines is 1. The van der Waals surface area contributed by atoms with Gasteiger partial charge in [0, 0.05) is 25.4 Å². The first-order valence-electron chi connectivity index (χ1n) is 5.83. The summed E-state index contributed by atoms with van der Waals surface area (Å²) in [4.78, 5) is 38.2. The van der Waals surface area contributed by atoms with E-state index in [-0.39, 0.29) is 23.9 Å². The van der Waals surface area contributed by atoms with Gasteiger partial charge in [0.05, 0.1) is 12.1 Å². The van der Waals surface area contributed by atoms with E-state index < -0.39 is 0 Å². The van der Waals surface area contributed by atoms with Gasteiger partial charge in [0.1, 0.15) is 0 Å². The Morgan fingerprint density at radius 2 is 2.06 bits per heavy atom. The number of nitrogens with one attached hydrogen (secondary N) is 2. The SMILES string of the molecule is CCNC(=O)CN(CC)C(=O)c1ccc(=O)[nH]c1. The molecule has 0 saturated heterocycles. The molecule has 0 aromatic carbocycles. The maximum Gasteiger partial charge on any atom is 0.255 e. The summed E-state index contributed by atoms with van der Waals surface area (Å²) in [5.41, 5.74) is 0.0964. The highest BCUT2D eigenvalue weighted by Gasteiger charge is 2.16. The van der Waals surface area contributed by atoms with Gasteiger partial charge >= 0.3 is 0 Å². The summed E-state index contributed by atoms with van der Waals surface area (Å²) in [6.07, 6.45) is 1.35. The zero-order valence-corrected chi connectivity index (χ0v) is 10.5. The standard InChI is InChI=1S/C12H17N3O3/c1-3-13-11(17)8-15(4-2)12(18)9-5-6-10(16)14-7-9/h5-7H,3-4,8H2,1-2H3,(H,13,17)(H,14,16). The first-order chi connectivity index (χ1) is 8.58. The van der Waals surface area contributed by atoms with Crippen molar-refractivity contribution in [3.8, 4) is 0 Å². The van der Waals surface area contributed by atoms with Gasteiger partial charge in [-0.15, -0.1) is 0 Å². The van der Waals surface area contributed by atoms with E-state index in [2.05, 4.69) is 10.3 Å². The predicted molar refractivity (Wildman–Crippen MR) is 67.3 cm³/mol. The summed E-state index contributed by atoms with van der Waals surface area (Å²) in [5.74, 6) is -0.475. The van der Waals surface area contributed by atoms with Crippen molar-refractivity contribution in [1.82, 2.24) is 15.2 Å². The Bertz CT molecular complexity index is 461. The maximum atomic E-state index is 12.1. The minimum Gasteiger partial charge on any atom is -0.355 e. The fourth-order valence-corrected chi connectivity index (χ4v) is 1.48. The number of carbonyl (C=O) groups excluding carboxylic acids is 2. The smallest absolute Gasteiger partial charge is 0.255 e. The van der Waals surface area contributed by atoms with Gasteiger partial charge in [-0.3, -0.25) is 14.4 Å². The van der Waals surface area contributed by atoms with Gasteiger partial charge in [-0.05, 0) is 19.9 Å². The molecule has 18 heavy (non-hydrogen) atoms. The molecular formula is C12H17N3O3. The van der Waals surface area contributed by atoms with Crippen LogP contribution in [0.5, 0.6) is 0 Å². The van der Waals surface area contributed by atoms with E-state index in [4.69, 9.17) is 0 Å². The van der Waals surface area contributed by atoms with Gasteiger partial charge in [-0.2, -0.15) is 0 Å². The molecule has 0 spiro atoms. The summed E-state index contributed by atoms with van der Waals surface area (Å²) >= 11 is 0. The lowest BCUT2D eigenvalue weighted by atomic mass is 10.2. The molecule has 0 unspecified atom stereocenters. The highest BCUT2D eigenvalue weighted by Crippen LogP contribution is 2.01. The first kappa shape index (κ1) is 14.0. The van der Waals surface area contributed by atoms with Crippen molar-refractivity contribution in [3.05, 3.63) is 34.2 Å². The first-order valence-corrected chi connectivity index (χ1v) is 5.83. The average Bonchev–Trinajstić information content (AvgIpc) is 2.36. The van der Waals surface area contributed by atoms with Gasteiger partial charge in [-0.25, -0.2) is 0 Å². The molecule has 98 valence electrons. The summed E-state index contributed by atoms with van der Waals surface area (Å²) in [5, 5.41) is 2.64. The second kappa shape index (κ2) is 6.58. The number of likely N-dealkylation sites (N-methyl/N-ethyl adjacent to an activating group) is 2. The number of nitrogens with zero attached hydrogens (tertiary/aromatic N) is 1. The normalized spacial score (nSPS) is 9.89. The molecule has 6 nitrogen and oxygen atoms in total. The van der Waals surface area contributed by atoms with Crippen LogP contribution in [0.15, 0.2) is 23.1 Å². The average molecular weight is 251 g/mol. The van der Waals surface area contributed by atoms with E-state index in [1.165, 1.54) is 23.2 Å². The van der Waals surface area contributed by atoms with E-state index >= 15 is 0 Å². The van der Waals surface area contributed by atoms with Crippen molar-refractivity contribution in [3.63, 3.8) is 0 Å². The summed E-state index contributed by atoms with van der Waals surface area (Å²) in [6, 6.07) is 2.73. The second-order valence-corrected chi connectivity index (χ2v) is 3.71. The van der Waals surface area contributed by atoms with Crippen LogP contribution in [-0.4, -0.2) is 41.3 Å². The number of hydrogen-bond acceptors (Lipinski definition) is 3. The minimum absolute atomic E-state index is 0.0162. The zero-order valence-electron chi connectivity index (χ0n) is 10.5. The van der Waals surface area contributed by atoms with Crippen molar-refractivity contribution in [2.75, 3.05) is 19.6 Å². The Labute approximate surface area is 105 Å². The third kappa shape index (κ3) is 3.73. The molecule has 0 fully saturated rings. The number of amides is 2. The quantitative estimate of drug-likeness (QED) is 0.771. The minimum atomic E-state index is -0.278. The van der Waals surface area contributed by atoms with Crippen molar-refractivity contribution >= 4 is 11.8 Å². The van der Waals surface area contributed by atoms with E-state index in [1.54, 1.807) is 6.92 Å². The Balaban J connectivity index is 2.76. The molecule has 0 aliphatic rings. The molecule has 1 heterocycles. The van der Waals surface area contributed by atoms with Gasteiger partial charge in [0.2, 0.25) is 11.5 Å². The van der Waals surface area contributed by atoms with Crippen LogP contribution in [0.3, 0.4) is 0 Å². The number of rotatable bonds is 5.